The Balaban J connectivity index is 1.68. The van der Waals surface area contributed by atoms with Crippen LogP contribution in [0.25, 0.3) is 0 Å². The molecule has 4 N–H and O–H groups in total. The van der Waals surface area contributed by atoms with Gasteiger partial charge in [-0.3, -0.25) is 9.59 Å². The lowest BCUT2D eigenvalue weighted by molar-refractivity contribution is -0.131. The highest BCUT2D eigenvalue weighted by atomic mass is 16.7. The fourth-order valence-electron chi connectivity index (χ4n) is 4.43. The molecule has 1 heterocycles. The Bertz CT molecular complexity index is 964. The van der Waals surface area contributed by atoms with Crippen molar-refractivity contribution in [1.82, 2.24) is 10.6 Å². The van der Waals surface area contributed by atoms with E-state index in [0.29, 0.717) is 12.8 Å². The zero-order valence-corrected chi connectivity index (χ0v) is 22.5. The predicted octanol–water partition coefficient (Wildman–Crippen LogP) is 2.34. The fraction of sp³-hybridized carbons (Fsp3) is 0.654. The summed E-state index contributed by atoms with van der Waals surface area (Å²) in [5, 5.41) is 5.53. The molecule has 1 aliphatic heterocycles. The number of carbonyl (C=O) groups excluding carboxylic acids is 3. The maximum atomic E-state index is 13.3. The van der Waals surface area contributed by atoms with Crippen LogP contribution in [-0.2, 0) is 30.1 Å². The van der Waals surface area contributed by atoms with E-state index in [1.807, 2.05) is 52.0 Å². The van der Waals surface area contributed by atoms with Crippen LogP contribution in [0.4, 0.5) is 4.79 Å². The van der Waals surface area contributed by atoms with Gasteiger partial charge >= 0.3 is 13.2 Å². The first-order valence-electron chi connectivity index (χ1n) is 12.6. The first-order valence-corrected chi connectivity index (χ1v) is 12.6. The standard InChI is InChI=1S/C26H40BN3O6/c1-23(2,3)34-22(33)30-26(14-8-9-15-26)21(32)29-19(20(28)31)16-17-10-12-18(13-11-17)27-35-24(4,5)25(6,7)36-27/h10-13,19H,8-9,14-16H2,1-7H3,(H2,28,31)(H,29,32)(H,30,33)/t19-/m0/s1. The summed E-state index contributed by atoms with van der Waals surface area (Å²) in [5.41, 5.74) is 4.62. The minimum absolute atomic E-state index is 0.216. The topological polar surface area (TPSA) is 129 Å². The second-order valence-corrected chi connectivity index (χ2v) is 11.9. The van der Waals surface area contributed by atoms with Crippen LogP contribution in [0.1, 0.15) is 79.7 Å². The lowest BCUT2D eigenvalue weighted by atomic mass is 9.78. The van der Waals surface area contributed by atoms with Crippen molar-refractivity contribution >= 4 is 30.5 Å². The van der Waals surface area contributed by atoms with Crippen LogP contribution in [0, 0.1) is 0 Å². The van der Waals surface area contributed by atoms with Gasteiger partial charge in [0.2, 0.25) is 11.8 Å². The number of hydrogen-bond acceptors (Lipinski definition) is 6. The number of benzene rings is 1. The van der Waals surface area contributed by atoms with Crippen molar-refractivity contribution in [2.45, 2.75) is 109 Å². The average Bonchev–Trinajstić information content (AvgIpc) is 3.28. The van der Waals surface area contributed by atoms with Crippen molar-refractivity contribution in [3.05, 3.63) is 29.8 Å². The zero-order chi connectivity index (χ0) is 26.9. The van der Waals surface area contributed by atoms with Crippen molar-refractivity contribution in [2.24, 2.45) is 5.73 Å². The van der Waals surface area contributed by atoms with Crippen LogP contribution >= 0.6 is 0 Å². The monoisotopic (exact) mass is 501 g/mol. The van der Waals surface area contributed by atoms with E-state index in [1.165, 1.54) is 0 Å². The minimum atomic E-state index is -1.13. The van der Waals surface area contributed by atoms with Crippen LogP contribution in [0.5, 0.6) is 0 Å². The molecule has 198 valence electrons. The molecule has 3 amide bonds. The van der Waals surface area contributed by atoms with Gasteiger partial charge in [-0.25, -0.2) is 4.79 Å². The molecule has 0 aromatic heterocycles. The second-order valence-electron chi connectivity index (χ2n) is 11.9. The highest BCUT2D eigenvalue weighted by Crippen LogP contribution is 2.36. The van der Waals surface area contributed by atoms with Gasteiger partial charge in [-0.05, 0) is 72.3 Å². The lowest BCUT2D eigenvalue weighted by Crippen LogP contribution is -2.61. The van der Waals surface area contributed by atoms with E-state index < -0.39 is 53.4 Å². The van der Waals surface area contributed by atoms with Crippen LogP contribution in [0.15, 0.2) is 24.3 Å². The van der Waals surface area contributed by atoms with Gasteiger partial charge in [0.25, 0.3) is 0 Å². The van der Waals surface area contributed by atoms with E-state index in [2.05, 4.69) is 10.6 Å². The number of carbonyl (C=O) groups is 3. The van der Waals surface area contributed by atoms with E-state index in [0.717, 1.165) is 23.9 Å². The summed E-state index contributed by atoms with van der Waals surface area (Å²) in [7, 11) is -0.489. The van der Waals surface area contributed by atoms with E-state index in [4.69, 9.17) is 19.8 Å². The van der Waals surface area contributed by atoms with Gasteiger partial charge in [0.05, 0.1) is 11.2 Å². The zero-order valence-electron chi connectivity index (χ0n) is 22.5. The molecule has 0 spiro atoms. The summed E-state index contributed by atoms with van der Waals surface area (Å²) >= 11 is 0. The minimum Gasteiger partial charge on any atom is -0.444 e. The second kappa shape index (κ2) is 10.1. The number of ether oxygens (including phenoxy) is 1. The first-order chi connectivity index (χ1) is 16.5. The van der Waals surface area contributed by atoms with Gasteiger partial charge in [0.1, 0.15) is 17.2 Å². The molecule has 1 aromatic rings. The summed E-state index contributed by atoms with van der Waals surface area (Å²) in [6.07, 6.45) is 2.05. The number of primary amides is 1. The summed E-state index contributed by atoms with van der Waals surface area (Å²) < 4.78 is 17.5. The molecular weight excluding hydrogens is 461 g/mol. The van der Waals surface area contributed by atoms with Gasteiger partial charge in [-0.15, -0.1) is 0 Å². The van der Waals surface area contributed by atoms with E-state index in [-0.39, 0.29) is 6.42 Å². The molecule has 1 atom stereocenters. The van der Waals surface area contributed by atoms with Crippen LogP contribution < -0.4 is 21.8 Å². The molecule has 36 heavy (non-hydrogen) atoms. The van der Waals surface area contributed by atoms with Crippen molar-refractivity contribution in [2.75, 3.05) is 0 Å². The Kier molecular flexibility index (Phi) is 7.82. The number of hydrogen-bond donors (Lipinski definition) is 3. The molecule has 0 bridgehead atoms. The van der Waals surface area contributed by atoms with Crippen molar-refractivity contribution in [3.8, 4) is 0 Å². The molecule has 1 saturated carbocycles. The number of rotatable bonds is 7. The third-order valence-electron chi connectivity index (χ3n) is 7.23. The third kappa shape index (κ3) is 6.39. The van der Waals surface area contributed by atoms with E-state index in [9.17, 15) is 14.4 Å². The predicted molar refractivity (Wildman–Crippen MR) is 138 cm³/mol. The Morgan fingerprint density at radius 1 is 1.03 bits per heavy atom. The highest BCUT2D eigenvalue weighted by molar-refractivity contribution is 6.62. The SMILES string of the molecule is CC(C)(C)OC(=O)NC1(C(=O)N[C@@H](Cc2ccc(B3OC(C)(C)C(C)(C)O3)cc2)C(N)=O)CCCC1. The Morgan fingerprint density at radius 2 is 1.56 bits per heavy atom. The summed E-state index contributed by atoms with van der Waals surface area (Å²) in [6, 6.07) is 6.58. The van der Waals surface area contributed by atoms with Gasteiger partial charge in [0, 0.05) is 6.42 Å². The van der Waals surface area contributed by atoms with E-state index in [1.54, 1.807) is 20.8 Å². The molecule has 2 aliphatic rings. The number of alkyl carbamates (subject to hydrolysis) is 1. The Labute approximate surface area is 214 Å². The molecule has 1 saturated heterocycles. The maximum absolute atomic E-state index is 13.3. The smallest absolute Gasteiger partial charge is 0.444 e. The number of nitrogens with two attached hydrogens (primary N) is 1. The fourth-order valence-corrected chi connectivity index (χ4v) is 4.43. The van der Waals surface area contributed by atoms with Crippen LogP contribution in [0.3, 0.4) is 0 Å². The molecule has 10 heteroatoms. The Morgan fingerprint density at radius 3 is 2.03 bits per heavy atom. The largest absolute Gasteiger partial charge is 0.494 e. The van der Waals surface area contributed by atoms with Crippen LogP contribution in [0.2, 0.25) is 0 Å². The van der Waals surface area contributed by atoms with Gasteiger partial charge in [-0.1, -0.05) is 37.1 Å². The third-order valence-corrected chi connectivity index (χ3v) is 7.23. The summed E-state index contributed by atoms with van der Waals surface area (Å²) in [6.45, 7) is 13.3. The van der Waals surface area contributed by atoms with Crippen molar-refractivity contribution in [1.29, 1.82) is 0 Å². The molecular formula is C26H40BN3O6. The highest BCUT2D eigenvalue weighted by Gasteiger charge is 2.51. The number of amides is 3. The van der Waals surface area contributed by atoms with Crippen LogP contribution in [-0.4, -0.2) is 53.4 Å². The first kappa shape index (κ1) is 28.0. The summed E-state index contributed by atoms with van der Waals surface area (Å²) in [4.78, 5) is 38.0. The van der Waals surface area contributed by atoms with Crippen molar-refractivity contribution < 1.29 is 28.4 Å². The van der Waals surface area contributed by atoms with Gasteiger partial charge in [0.15, 0.2) is 0 Å². The normalized spacial score (nSPS) is 21.0. The van der Waals surface area contributed by atoms with Gasteiger partial charge in [-0.2, -0.15) is 0 Å². The van der Waals surface area contributed by atoms with Gasteiger partial charge < -0.3 is 30.4 Å². The molecule has 0 radical (unpaired) electrons. The Hall–Kier alpha value is -2.59. The lowest BCUT2D eigenvalue weighted by Gasteiger charge is -2.32. The molecule has 3 rings (SSSR count). The molecule has 2 fully saturated rings. The molecule has 0 unspecified atom stereocenters. The summed E-state index contributed by atoms with van der Waals surface area (Å²) in [5.74, 6) is -1.08. The maximum Gasteiger partial charge on any atom is 0.494 e. The average molecular weight is 501 g/mol. The molecule has 1 aliphatic carbocycles. The van der Waals surface area contributed by atoms with Crippen molar-refractivity contribution in [3.63, 3.8) is 0 Å². The quantitative estimate of drug-likeness (QED) is 0.492. The van der Waals surface area contributed by atoms with E-state index >= 15 is 0 Å². The number of nitrogens with one attached hydrogen (secondary N) is 2. The molecule has 1 aromatic carbocycles. The molecule has 9 nitrogen and oxygen atoms in total.